The maximum Gasteiger partial charge on any atom is 0.309 e. The van der Waals surface area contributed by atoms with Gasteiger partial charge in [-0.15, -0.1) is 0 Å². The molecule has 0 aromatic carbocycles. The van der Waals surface area contributed by atoms with E-state index in [4.69, 9.17) is 9.47 Å². The van der Waals surface area contributed by atoms with Gasteiger partial charge in [0.1, 0.15) is 0 Å². The lowest BCUT2D eigenvalue weighted by Crippen LogP contribution is -2.22. The van der Waals surface area contributed by atoms with Crippen LogP contribution in [0.1, 0.15) is 51.4 Å². The van der Waals surface area contributed by atoms with Crippen LogP contribution in [0.15, 0.2) is 24.3 Å². The number of unbranched alkanes of at least 4 members (excludes halogenated alkanes) is 3. The van der Waals surface area contributed by atoms with Crippen molar-refractivity contribution in [1.29, 1.82) is 0 Å². The minimum absolute atomic E-state index is 0.00399. The van der Waals surface area contributed by atoms with E-state index in [2.05, 4.69) is 24.3 Å². The Morgan fingerprint density at radius 2 is 1.12 bits per heavy atom. The van der Waals surface area contributed by atoms with Gasteiger partial charge in [-0.1, -0.05) is 24.3 Å². The Bertz CT molecular complexity index is 541. The molecule has 4 bridgehead atoms. The largest absolute Gasteiger partial charge is 0.465 e. The number of hydrogen-bond acceptors (Lipinski definition) is 4. The van der Waals surface area contributed by atoms with E-state index < -0.39 is 0 Å². The van der Waals surface area contributed by atoms with Crippen LogP contribution < -0.4 is 0 Å². The van der Waals surface area contributed by atoms with Gasteiger partial charge in [-0.2, -0.15) is 0 Å². The molecule has 0 aliphatic heterocycles. The van der Waals surface area contributed by atoms with Crippen molar-refractivity contribution < 1.29 is 19.1 Å². The molecule has 2 fully saturated rings. The van der Waals surface area contributed by atoms with Gasteiger partial charge in [0.15, 0.2) is 0 Å². The van der Waals surface area contributed by atoms with Crippen molar-refractivity contribution in [2.24, 2.45) is 35.5 Å². The van der Waals surface area contributed by atoms with Crippen molar-refractivity contribution in [3.63, 3.8) is 0 Å². The van der Waals surface area contributed by atoms with Gasteiger partial charge in [0, 0.05) is 0 Å². The van der Waals surface area contributed by atoms with Crippen LogP contribution in [0.4, 0.5) is 0 Å². The van der Waals surface area contributed by atoms with Crippen LogP contribution in [0.3, 0.4) is 0 Å². The van der Waals surface area contributed by atoms with Crippen LogP contribution in [0.5, 0.6) is 0 Å². The number of allylic oxidation sites excluding steroid dienone is 4. The van der Waals surface area contributed by atoms with Crippen LogP contribution in [0, 0.1) is 35.5 Å². The fraction of sp³-hybridized carbons (Fsp3) is 0.727. The lowest BCUT2D eigenvalue weighted by molar-refractivity contribution is -0.150. The van der Waals surface area contributed by atoms with Crippen molar-refractivity contribution in [2.45, 2.75) is 51.4 Å². The lowest BCUT2D eigenvalue weighted by Gasteiger charge is -2.17. The highest BCUT2D eigenvalue weighted by molar-refractivity contribution is 5.74. The molecule has 0 aromatic rings. The highest BCUT2D eigenvalue weighted by atomic mass is 16.5. The molecule has 0 aromatic heterocycles. The average molecular weight is 358 g/mol. The normalized spacial score (nSPS) is 36.0. The lowest BCUT2D eigenvalue weighted by atomic mass is 9.94. The number of ether oxygens (including phenoxy) is 2. The van der Waals surface area contributed by atoms with Crippen LogP contribution in [-0.4, -0.2) is 25.2 Å². The number of fused-ring (bicyclic) bond motifs is 4. The summed E-state index contributed by atoms with van der Waals surface area (Å²) >= 11 is 0. The fourth-order valence-electron chi connectivity index (χ4n) is 5.22. The molecule has 26 heavy (non-hydrogen) atoms. The summed E-state index contributed by atoms with van der Waals surface area (Å²) in [5.41, 5.74) is 0. The smallest absolute Gasteiger partial charge is 0.309 e. The molecule has 4 heteroatoms. The molecule has 142 valence electrons. The summed E-state index contributed by atoms with van der Waals surface area (Å²) in [4.78, 5) is 24.2. The van der Waals surface area contributed by atoms with E-state index in [0.29, 0.717) is 36.9 Å². The van der Waals surface area contributed by atoms with E-state index in [0.717, 1.165) is 51.4 Å². The van der Waals surface area contributed by atoms with E-state index in [9.17, 15) is 9.59 Å². The summed E-state index contributed by atoms with van der Waals surface area (Å²) in [7, 11) is 0. The highest BCUT2D eigenvalue weighted by Gasteiger charge is 2.41. The second kappa shape index (κ2) is 7.98. The Labute approximate surface area is 156 Å². The van der Waals surface area contributed by atoms with Gasteiger partial charge >= 0.3 is 11.9 Å². The van der Waals surface area contributed by atoms with Crippen molar-refractivity contribution in [3.05, 3.63) is 24.3 Å². The number of hydrogen-bond donors (Lipinski definition) is 0. The fourth-order valence-corrected chi connectivity index (χ4v) is 5.22. The summed E-state index contributed by atoms with van der Waals surface area (Å²) < 4.78 is 10.9. The Hall–Kier alpha value is -1.58. The minimum Gasteiger partial charge on any atom is -0.465 e. The first-order valence-corrected chi connectivity index (χ1v) is 10.4. The van der Waals surface area contributed by atoms with Crippen molar-refractivity contribution >= 4 is 11.9 Å². The van der Waals surface area contributed by atoms with E-state index in [1.807, 2.05) is 0 Å². The summed E-state index contributed by atoms with van der Waals surface area (Å²) in [6, 6.07) is 0. The van der Waals surface area contributed by atoms with Gasteiger partial charge in [0.2, 0.25) is 0 Å². The molecule has 0 heterocycles. The molecule has 0 amide bonds. The molecule has 2 saturated carbocycles. The predicted octanol–water partition coefficient (Wildman–Crippen LogP) is 4.06. The second-order valence-electron chi connectivity index (χ2n) is 8.52. The Kier molecular flexibility index (Phi) is 5.46. The number of carbonyl (C=O) groups excluding carboxylic acids is 2. The molecule has 0 saturated heterocycles. The Morgan fingerprint density at radius 1 is 0.654 bits per heavy atom. The molecule has 0 radical (unpaired) electrons. The molecule has 0 N–H and O–H groups in total. The molecule has 0 unspecified atom stereocenters. The first-order chi connectivity index (χ1) is 12.7. The zero-order valence-corrected chi connectivity index (χ0v) is 15.5. The number of rotatable bonds is 9. The minimum atomic E-state index is -0.00399. The second-order valence-corrected chi connectivity index (χ2v) is 8.52. The third-order valence-corrected chi connectivity index (χ3v) is 6.69. The molecule has 6 atom stereocenters. The monoisotopic (exact) mass is 358 g/mol. The summed E-state index contributed by atoms with van der Waals surface area (Å²) in [5, 5.41) is 0. The third-order valence-electron chi connectivity index (χ3n) is 6.69. The molecule has 4 aliphatic carbocycles. The third kappa shape index (κ3) is 3.89. The van der Waals surface area contributed by atoms with E-state index in [-0.39, 0.29) is 23.8 Å². The molecule has 4 aliphatic rings. The molecule has 4 rings (SSSR count). The quantitative estimate of drug-likeness (QED) is 0.354. The van der Waals surface area contributed by atoms with E-state index >= 15 is 0 Å². The number of esters is 2. The van der Waals surface area contributed by atoms with Gasteiger partial charge in [-0.05, 0) is 75.0 Å². The molecular formula is C22H30O4. The topological polar surface area (TPSA) is 52.6 Å². The van der Waals surface area contributed by atoms with Crippen LogP contribution in [0.2, 0.25) is 0 Å². The maximum atomic E-state index is 12.1. The highest BCUT2D eigenvalue weighted by Crippen LogP contribution is 2.44. The van der Waals surface area contributed by atoms with Gasteiger partial charge in [0.25, 0.3) is 0 Å². The van der Waals surface area contributed by atoms with Crippen LogP contribution in [0.25, 0.3) is 0 Å². The standard InChI is InChI=1S/C22H30O4/c23-21(19-13-15-5-7-17(19)11-15)25-9-3-1-2-4-10-26-22(24)20-14-16-6-8-18(20)12-16/h5-8,15-20H,1-4,9-14H2/t15-,16-,17+,18+,19+,20+/m1/s1. The summed E-state index contributed by atoms with van der Waals surface area (Å²) in [5.74, 6) is 2.26. The summed E-state index contributed by atoms with van der Waals surface area (Å²) in [6.07, 6.45) is 16.9. The average Bonchev–Trinajstić information content (AvgIpc) is 3.43. The first-order valence-electron chi connectivity index (χ1n) is 10.4. The molecule has 0 spiro atoms. The van der Waals surface area contributed by atoms with E-state index in [1.165, 1.54) is 0 Å². The van der Waals surface area contributed by atoms with Crippen molar-refractivity contribution in [1.82, 2.24) is 0 Å². The van der Waals surface area contributed by atoms with Crippen molar-refractivity contribution in [2.75, 3.05) is 13.2 Å². The zero-order chi connectivity index (χ0) is 17.9. The number of carbonyl (C=O) groups is 2. The van der Waals surface area contributed by atoms with Crippen LogP contribution in [-0.2, 0) is 19.1 Å². The van der Waals surface area contributed by atoms with Gasteiger partial charge in [-0.3, -0.25) is 9.59 Å². The van der Waals surface area contributed by atoms with E-state index in [1.54, 1.807) is 0 Å². The van der Waals surface area contributed by atoms with Gasteiger partial charge in [-0.25, -0.2) is 0 Å². The van der Waals surface area contributed by atoms with Gasteiger partial charge in [0.05, 0.1) is 25.0 Å². The SMILES string of the molecule is O=C(OCCCCCCOC(=O)[C@H]1C[C@@H]2C=C[C@H]1C2)[C@H]1C[C@@H]2C=C[C@H]1C2. The first kappa shape index (κ1) is 17.8. The predicted molar refractivity (Wildman–Crippen MR) is 98.1 cm³/mol. The molecular weight excluding hydrogens is 328 g/mol. The zero-order valence-electron chi connectivity index (χ0n) is 15.5. The Morgan fingerprint density at radius 3 is 1.46 bits per heavy atom. The van der Waals surface area contributed by atoms with Gasteiger partial charge < -0.3 is 9.47 Å². The van der Waals surface area contributed by atoms with Crippen molar-refractivity contribution in [3.8, 4) is 0 Å². The maximum absolute atomic E-state index is 12.1. The molecule has 4 nitrogen and oxygen atoms in total. The Balaban J connectivity index is 1.01. The summed E-state index contributed by atoms with van der Waals surface area (Å²) in [6.45, 7) is 1.04. The van der Waals surface area contributed by atoms with Crippen LogP contribution >= 0.6 is 0 Å².